The van der Waals surface area contributed by atoms with Gasteiger partial charge >= 0.3 is 0 Å². The Morgan fingerprint density at radius 2 is 1.72 bits per heavy atom. The fraction of sp³-hybridized carbons (Fsp3) is 0.467. The summed E-state index contributed by atoms with van der Waals surface area (Å²) in [5, 5.41) is 16.1. The second-order valence-electron chi connectivity index (χ2n) is 10.7. The van der Waals surface area contributed by atoms with Crippen LogP contribution in [-0.2, 0) is 32.0 Å². The van der Waals surface area contributed by atoms with Crippen molar-refractivity contribution in [1.82, 2.24) is 15.5 Å². The van der Waals surface area contributed by atoms with E-state index in [1.54, 1.807) is 12.1 Å². The quantitative estimate of drug-likeness (QED) is 0.151. The number of phenolic OH excluding ortho intramolecular Hbond substituents is 1. The lowest BCUT2D eigenvalue weighted by Crippen LogP contribution is -2.63. The molecule has 4 atom stereocenters. The molecule has 234 valence electrons. The maximum atomic E-state index is 14.2. The number of nitrogens with zero attached hydrogens (tertiary/aromatic N) is 1. The van der Waals surface area contributed by atoms with E-state index in [1.165, 1.54) is 11.0 Å². The molecule has 4 bridgehead atoms. The summed E-state index contributed by atoms with van der Waals surface area (Å²) >= 11 is 0. The van der Waals surface area contributed by atoms with Crippen LogP contribution in [-0.4, -0.2) is 84.0 Å². The number of fused-ring (bicyclic) bond motifs is 5. The minimum Gasteiger partial charge on any atom is -0.508 e. The van der Waals surface area contributed by atoms with Gasteiger partial charge in [0.25, 0.3) is 0 Å². The minimum atomic E-state index is -1.24. The number of carbonyl (C=O) groups excluding carboxylic acids is 4. The lowest BCUT2D eigenvalue weighted by atomic mass is 9.95. The molecule has 1 aliphatic rings. The molecule has 0 aromatic heterocycles. The number of primary amides is 1. The number of carbonyl (C=O) groups is 4. The van der Waals surface area contributed by atoms with Crippen LogP contribution >= 0.6 is 0 Å². The van der Waals surface area contributed by atoms with Gasteiger partial charge in [-0.2, -0.15) is 0 Å². The van der Waals surface area contributed by atoms with E-state index >= 15 is 0 Å². The SMILES string of the molecule is NCCC[C@@H](C(=O)NCCN)N1C(=O)[C@@H](N)Cc2cc(ccc2O)-c2cccc(c2)C[C@@H](C(N)=O)NC(=O)[C@@H]1CCCN. The first kappa shape index (κ1) is 33.5. The average molecular weight is 597 g/mol. The predicted molar refractivity (Wildman–Crippen MR) is 163 cm³/mol. The maximum absolute atomic E-state index is 14.2. The molecule has 43 heavy (non-hydrogen) atoms. The first-order valence-corrected chi connectivity index (χ1v) is 14.6. The highest BCUT2D eigenvalue weighted by Gasteiger charge is 2.41. The fourth-order valence-electron chi connectivity index (χ4n) is 5.30. The normalized spacial score (nSPS) is 20.0. The molecule has 1 heterocycles. The Balaban J connectivity index is 2.21. The lowest BCUT2D eigenvalue weighted by molar-refractivity contribution is -0.149. The van der Waals surface area contributed by atoms with Crippen molar-refractivity contribution in [3.8, 4) is 16.9 Å². The van der Waals surface area contributed by atoms with Gasteiger partial charge in [0.05, 0.1) is 6.04 Å². The van der Waals surface area contributed by atoms with Crippen molar-refractivity contribution in [2.24, 2.45) is 28.7 Å². The summed E-state index contributed by atoms with van der Waals surface area (Å²) in [5.41, 5.74) is 32.1. The zero-order valence-electron chi connectivity index (χ0n) is 24.3. The highest BCUT2D eigenvalue weighted by atomic mass is 16.3. The smallest absolute Gasteiger partial charge is 0.243 e. The first-order chi connectivity index (χ1) is 20.6. The molecule has 2 aromatic carbocycles. The average Bonchev–Trinajstić information content (AvgIpc) is 2.99. The molecule has 13 N–H and O–H groups in total. The molecule has 0 spiro atoms. The molecule has 1 aliphatic heterocycles. The van der Waals surface area contributed by atoms with Crippen molar-refractivity contribution in [2.75, 3.05) is 26.2 Å². The van der Waals surface area contributed by atoms with Crippen LogP contribution in [0.25, 0.3) is 11.1 Å². The van der Waals surface area contributed by atoms with Crippen LogP contribution in [0.3, 0.4) is 0 Å². The number of nitrogens with one attached hydrogen (secondary N) is 2. The molecule has 0 saturated heterocycles. The van der Waals surface area contributed by atoms with E-state index in [0.29, 0.717) is 18.4 Å². The van der Waals surface area contributed by atoms with Crippen LogP contribution in [0.4, 0.5) is 0 Å². The highest BCUT2D eigenvalue weighted by Crippen LogP contribution is 2.29. The third-order valence-electron chi connectivity index (χ3n) is 7.53. The lowest BCUT2D eigenvalue weighted by Gasteiger charge is -2.39. The number of rotatable bonds is 11. The van der Waals surface area contributed by atoms with E-state index in [4.69, 9.17) is 28.7 Å². The Morgan fingerprint density at radius 3 is 2.40 bits per heavy atom. The molecular weight excluding hydrogens is 552 g/mol. The van der Waals surface area contributed by atoms with Crippen LogP contribution in [0.1, 0.15) is 36.8 Å². The molecule has 0 radical (unpaired) electrons. The number of nitrogens with two attached hydrogens (primary N) is 5. The second-order valence-corrected chi connectivity index (χ2v) is 10.7. The van der Waals surface area contributed by atoms with Crippen LogP contribution in [0, 0.1) is 0 Å². The van der Waals surface area contributed by atoms with Crippen LogP contribution in [0.5, 0.6) is 5.75 Å². The maximum Gasteiger partial charge on any atom is 0.243 e. The number of amides is 4. The predicted octanol–water partition coefficient (Wildman–Crippen LogP) is -1.43. The monoisotopic (exact) mass is 596 g/mol. The summed E-state index contributed by atoms with van der Waals surface area (Å²) in [5.74, 6) is -2.68. The Labute approximate surface area is 251 Å². The summed E-state index contributed by atoms with van der Waals surface area (Å²) in [6, 6.07) is 7.68. The van der Waals surface area contributed by atoms with Crippen molar-refractivity contribution in [2.45, 2.75) is 62.7 Å². The third-order valence-corrected chi connectivity index (χ3v) is 7.53. The molecule has 13 heteroatoms. The van der Waals surface area contributed by atoms with Crippen molar-refractivity contribution in [1.29, 1.82) is 0 Å². The Kier molecular flexibility index (Phi) is 12.4. The van der Waals surface area contributed by atoms with Gasteiger partial charge in [0, 0.05) is 25.9 Å². The van der Waals surface area contributed by atoms with Crippen LogP contribution < -0.4 is 39.3 Å². The van der Waals surface area contributed by atoms with E-state index in [0.717, 1.165) is 16.7 Å². The third kappa shape index (κ3) is 8.74. The van der Waals surface area contributed by atoms with Crippen molar-refractivity contribution in [3.63, 3.8) is 0 Å². The number of hydrogen-bond acceptors (Lipinski definition) is 9. The molecule has 4 amide bonds. The number of hydrogen-bond donors (Lipinski definition) is 8. The second kappa shape index (κ2) is 16.0. The molecule has 0 unspecified atom stereocenters. The van der Waals surface area contributed by atoms with Gasteiger partial charge in [-0.05, 0) is 73.2 Å². The van der Waals surface area contributed by atoms with Crippen molar-refractivity contribution >= 4 is 23.6 Å². The van der Waals surface area contributed by atoms with Gasteiger partial charge in [-0.25, -0.2) is 0 Å². The zero-order valence-corrected chi connectivity index (χ0v) is 24.3. The van der Waals surface area contributed by atoms with E-state index in [1.807, 2.05) is 24.3 Å². The van der Waals surface area contributed by atoms with E-state index in [-0.39, 0.29) is 57.6 Å². The van der Waals surface area contributed by atoms with Gasteiger partial charge in [-0.15, -0.1) is 0 Å². The molecule has 0 fully saturated rings. The van der Waals surface area contributed by atoms with Gasteiger partial charge in [0.15, 0.2) is 0 Å². The molecule has 13 nitrogen and oxygen atoms in total. The molecular formula is C30H44N8O5. The summed E-state index contributed by atoms with van der Waals surface area (Å²) in [4.78, 5) is 55.4. The Morgan fingerprint density at radius 1 is 1.00 bits per heavy atom. The van der Waals surface area contributed by atoms with E-state index in [9.17, 15) is 24.3 Å². The minimum absolute atomic E-state index is 0.0504. The highest BCUT2D eigenvalue weighted by molar-refractivity contribution is 5.96. The number of phenols is 1. The van der Waals surface area contributed by atoms with Crippen LogP contribution in [0.2, 0.25) is 0 Å². The van der Waals surface area contributed by atoms with Crippen LogP contribution in [0.15, 0.2) is 42.5 Å². The fourth-order valence-corrected chi connectivity index (χ4v) is 5.30. The van der Waals surface area contributed by atoms with Crippen molar-refractivity contribution < 1.29 is 24.3 Å². The van der Waals surface area contributed by atoms with Gasteiger partial charge < -0.3 is 49.3 Å². The van der Waals surface area contributed by atoms with E-state index < -0.39 is 47.8 Å². The van der Waals surface area contributed by atoms with E-state index in [2.05, 4.69) is 10.6 Å². The molecule has 0 saturated carbocycles. The first-order valence-electron chi connectivity index (χ1n) is 14.6. The molecule has 3 rings (SSSR count). The van der Waals surface area contributed by atoms with Gasteiger partial charge in [0.1, 0.15) is 23.9 Å². The summed E-state index contributed by atoms with van der Waals surface area (Å²) in [7, 11) is 0. The van der Waals surface area contributed by atoms with Crippen molar-refractivity contribution in [3.05, 3.63) is 53.6 Å². The zero-order chi connectivity index (χ0) is 31.5. The Hall–Kier alpha value is -4.04. The summed E-state index contributed by atoms with van der Waals surface area (Å²) in [6.07, 6.45) is 0.947. The number of aromatic hydroxyl groups is 1. The molecule has 0 aliphatic carbocycles. The van der Waals surface area contributed by atoms with Gasteiger partial charge in [-0.3, -0.25) is 19.2 Å². The van der Waals surface area contributed by atoms with Gasteiger partial charge in [-0.1, -0.05) is 30.3 Å². The van der Waals surface area contributed by atoms with Gasteiger partial charge in [0.2, 0.25) is 23.6 Å². The topological polar surface area (TPSA) is 246 Å². The Bertz CT molecular complexity index is 1290. The summed E-state index contributed by atoms with van der Waals surface area (Å²) in [6.45, 7) is 0.750. The standard InChI is InChI=1S/C30H44N8O5/c31-10-2-6-24(28(41)36-13-12-33)38-25(7-3-11-32)29(42)37-23(27(35)40)15-18-4-1-5-19(14-18)20-8-9-26(39)21(16-20)17-22(34)30(38)43/h1,4-5,8-9,14,16,22-25,39H,2-3,6-7,10-13,15,17,31-34H2,(H2,35,40)(H,36,41)(H,37,42)/t22-,23-,24-,25-/m0/s1. The number of benzene rings is 2. The largest absolute Gasteiger partial charge is 0.508 e. The molecule has 2 aromatic rings. The summed E-state index contributed by atoms with van der Waals surface area (Å²) < 4.78 is 0.